The zero-order valence-corrected chi connectivity index (χ0v) is 12.3. The van der Waals surface area contributed by atoms with Crippen LogP contribution in [0.5, 0.6) is 5.88 Å². The fourth-order valence-electron chi connectivity index (χ4n) is 1.78. The Morgan fingerprint density at radius 2 is 1.86 bits per heavy atom. The van der Waals surface area contributed by atoms with E-state index < -0.39 is 26.7 Å². The molecule has 0 amide bonds. The third kappa shape index (κ3) is 2.21. The Labute approximate surface area is 127 Å². The highest BCUT2D eigenvalue weighted by molar-refractivity contribution is 7.89. The van der Waals surface area contributed by atoms with Crippen LogP contribution in [-0.2, 0) is 10.0 Å². The summed E-state index contributed by atoms with van der Waals surface area (Å²) in [5.41, 5.74) is -0.806. The van der Waals surface area contributed by atoms with E-state index >= 15 is 0 Å². The first-order valence-corrected chi connectivity index (χ1v) is 7.63. The van der Waals surface area contributed by atoms with E-state index in [4.69, 9.17) is 32.7 Å². The van der Waals surface area contributed by atoms with Crippen LogP contribution >= 0.6 is 23.2 Å². The minimum Gasteiger partial charge on any atom is -0.493 e. The van der Waals surface area contributed by atoms with E-state index in [9.17, 15) is 13.2 Å². The lowest BCUT2D eigenvalue weighted by Gasteiger charge is -1.98. The summed E-state index contributed by atoms with van der Waals surface area (Å²) in [6.07, 6.45) is 0.741. The number of furan rings is 1. The zero-order valence-electron chi connectivity index (χ0n) is 10.0. The smallest absolute Gasteiger partial charge is 0.342 e. The molecule has 0 spiro atoms. The number of nitrogens with zero attached hydrogens (tertiary/aromatic N) is 1. The van der Waals surface area contributed by atoms with E-state index in [0.717, 1.165) is 6.20 Å². The van der Waals surface area contributed by atoms with Crippen molar-refractivity contribution in [1.29, 1.82) is 0 Å². The molecule has 0 aliphatic rings. The number of H-pyrrole nitrogens is 1. The number of fused-ring (bicyclic) bond motifs is 1. The zero-order chi connectivity index (χ0) is 15.4. The minimum absolute atomic E-state index is 0.204. The highest BCUT2D eigenvalue weighted by atomic mass is 35.5. The number of nitrogens with one attached hydrogen (secondary N) is 1. The standard InChI is InChI=1S/C11H6Cl2N2O5S/c12-6-1-5-2-10(20-8(5)3-7(6)13)21(18,19)15-4-9(16)14-11(15)17/h1-4,16H,(H,14,17). The van der Waals surface area contributed by atoms with Gasteiger partial charge in [0.05, 0.1) is 16.2 Å². The monoisotopic (exact) mass is 348 g/mol. The van der Waals surface area contributed by atoms with Gasteiger partial charge < -0.3 is 9.52 Å². The van der Waals surface area contributed by atoms with Crippen molar-refractivity contribution in [3.8, 4) is 5.88 Å². The second kappa shape index (κ2) is 4.55. The van der Waals surface area contributed by atoms with Crippen molar-refractivity contribution in [3.63, 3.8) is 0 Å². The first-order valence-electron chi connectivity index (χ1n) is 5.44. The molecule has 0 aliphatic heterocycles. The van der Waals surface area contributed by atoms with E-state index in [2.05, 4.69) is 0 Å². The number of aromatic amines is 1. The third-order valence-corrected chi connectivity index (χ3v) is 4.95. The van der Waals surface area contributed by atoms with Crippen LogP contribution in [0.1, 0.15) is 0 Å². The number of imidazole rings is 1. The average Bonchev–Trinajstić information content (AvgIpc) is 2.94. The summed E-state index contributed by atoms with van der Waals surface area (Å²) >= 11 is 11.7. The van der Waals surface area contributed by atoms with E-state index in [-0.39, 0.29) is 15.6 Å². The van der Waals surface area contributed by atoms with Gasteiger partial charge in [-0.15, -0.1) is 0 Å². The fourth-order valence-corrected chi connectivity index (χ4v) is 3.27. The molecule has 0 saturated heterocycles. The van der Waals surface area contributed by atoms with E-state index in [0.29, 0.717) is 9.36 Å². The van der Waals surface area contributed by atoms with Gasteiger partial charge in [0.25, 0.3) is 0 Å². The molecule has 0 radical (unpaired) electrons. The molecule has 0 bridgehead atoms. The number of aromatic nitrogens is 2. The number of hydrogen-bond donors (Lipinski definition) is 2. The lowest BCUT2D eigenvalue weighted by atomic mass is 10.3. The molecule has 3 aromatic rings. The molecule has 110 valence electrons. The van der Waals surface area contributed by atoms with Crippen LogP contribution < -0.4 is 5.69 Å². The Kier molecular flexibility index (Phi) is 3.05. The number of rotatable bonds is 2. The molecule has 7 nitrogen and oxygen atoms in total. The third-order valence-electron chi connectivity index (χ3n) is 2.72. The second-order valence-corrected chi connectivity index (χ2v) is 6.68. The van der Waals surface area contributed by atoms with Crippen LogP contribution in [0, 0.1) is 0 Å². The maximum Gasteiger partial charge on any atom is 0.342 e. The molecule has 2 N–H and O–H groups in total. The molecule has 10 heteroatoms. The highest BCUT2D eigenvalue weighted by Crippen LogP contribution is 2.31. The Balaban J connectivity index is 2.24. The van der Waals surface area contributed by atoms with Crippen LogP contribution in [0.25, 0.3) is 11.0 Å². The van der Waals surface area contributed by atoms with Crippen molar-refractivity contribution in [1.82, 2.24) is 8.96 Å². The largest absolute Gasteiger partial charge is 0.493 e. The van der Waals surface area contributed by atoms with Crippen LogP contribution in [0.3, 0.4) is 0 Å². The van der Waals surface area contributed by atoms with Gasteiger partial charge in [0.15, 0.2) is 0 Å². The van der Waals surface area contributed by atoms with E-state index in [1.165, 1.54) is 18.2 Å². The van der Waals surface area contributed by atoms with Gasteiger partial charge in [-0.25, -0.2) is 4.79 Å². The predicted octanol–water partition coefficient (Wildman–Crippen LogP) is 2.17. The summed E-state index contributed by atoms with van der Waals surface area (Å²) in [5, 5.41) is 9.54. The molecule has 3 rings (SSSR count). The van der Waals surface area contributed by atoms with E-state index in [1.807, 2.05) is 4.98 Å². The lowest BCUT2D eigenvalue weighted by molar-refractivity contribution is 0.455. The summed E-state index contributed by atoms with van der Waals surface area (Å²) in [6, 6.07) is 4.03. The van der Waals surface area contributed by atoms with Crippen LogP contribution in [0.15, 0.2) is 38.7 Å². The summed E-state index contributed by atoms with van der Waals surface area (Å²) in [4.78, 5) is 13.4. The van der Waals surface area contributed by atoms with Gasteiger partial charge in [-0.1, -0.05) is 23.2 Å². The first-order chi connectivity index (χ1) is 9.79. The topological polar surface area (TPSA) is 105 Å². The average molecular weight is 349 g/mol. The molecule has 0 saturated carbocycles. The minimum atomic E-state index is -4.28. The van der Waals surface area contributed by atoms with Crippen molar-refractivity contribution in [2.24, 2.45) is 0 Å². The van der Waals surface area contributed by atoms with Gasteiger partial charge in [0.2, 0.25) is 11.0 Å². The van der Waals surface area contributed by atoms with E-state index in [1.54, 1.807) is 0 Å². The Morgan fingerprint density at radius 1 is 1.19 bits per heavy atom. The van der Waals surface area contributed by atoms with Crippen molar-refractivity contribution in [2.45, 2.75) is 5.09 Å². The van der Waals surface area contributed by atoms with Gasteiger partial charge in [-0.2, -0.15) is 12.4 Å². The molecule has 0 fully saturated rings. The number of benzene rings is 1. The van der Waals surface area contributed by atoms with Gasteiger partial charge in [-0.05, 0) is 6.07 Å². The maximum atomic E-state index is 12.3. The highest BCUT2D eigenvalue weighted by Gasteiger charge is 2.25. The summed E-state index contributed by atoms with van der Waals surface area (Å²) in [7, 11) is -4.28. The lowest BCUT2D eigenvalue weighted by Crippen LogP contribution is -2.24. The molecular weight excluding hydrogens is 343 g/mol. The molecule has 21 heavy (non-hydrogen) atoms. The molecule has 0 unspecified atom stereocenters. The second-order valence-electron chi connectivity index (χ2n) is 4.11. The van der Waals surface area contributed by atoms with Crippen LogP contribution in [-0.4, -0.2) is 22.5 Å². The summed E-state index contributed by atoms with van der Waals surface area (Å²) in [5.74, 6) is -0.578. The normalized spacial score (nSPS) is 12.1. The quantitative estimate of drug-likeness (QED) is 0.738. The van der Waals surface area contributed by atoms with Gasteiger partial charge in [0, 0.05) is 17.5 Å². The van der Waals surface area contributed by atoms with Gasteiger partial charge in [0.1, 0.15) is 5.58 Å². The molecule has 2 aromatic heterocycles. The Morgan fingerprint density at radius 3 is 2.48 bits per heavy atom. The molecule has 0 atom stereocenters. The maximum absolute atomic E-state index is 12.3. The Bertz CT molecular complexity index is 976. The first kappa shape index (κ1) is 14.1. The van der Waals surface area contributed by atoms with Crippen molar-refractivity contribution >= 4 is 44.2 Å². The summed E-state index contributed by atoms with van der Waals surface area (Å²) in [6.45, 7) is 0. The predicted molar refractivity (Wildman–Crippen MR) is 75.5 cm³/mol. The summed E-state index contributed by atoms with van der Waals surface area (Å²) < 4.78 is 30.1. The van der Waals surface area contributed by atoms with Crippen molar-refractivity contribution in [2.75, 3.05) is 0 Å². The van der Waals surface area contributed by atoms with Gasteiger partial charge in [-0.3, -0.25) is 4.98 Å². The number of hydrogen-bond acceptors (Lipinski definition) is 5. The Hall–Kier alpha value is -1.90. The number of aromatic hydroxyl groups is 1. The van der Waals surface area contributed by atoms with Crippen molar-refractivity contribution < 1.29 is 17.9 Å². The number of halogens is 2. The van der Waals surface area contributed by atoms with Crippen molar-refractivity contribution in [3.05, 3.63) is 44.9 Å². The SMILES string of the molecule is O=c1[nH]c(O)cn1S(=O)(=O)c1cc2cc(Cl)c(Cl)cc2o1. The van der Waals surface area contributed by atoms with Crippen LogP contribution in [0.2, 0.25) is 10.0 Å². The fraction of sp³-hybridized carbons (Fsp3) is 0. The molecule has 2 heterocycles. The molecule has 0 aliphatic carbocycles. The molecule has 1 aromatic carbocycles. The molecular formula is C11H6Cl2N2O5S. The van der Waals surface area contributed by atoms with Crippen LogP contribution in [0.4, 0.5) is 0 Å². The van der Waals surface area contributed by atoms with Gasteiger partial charge >= 0.3 is 15.7 Å².